The number of ether oxygens (including phenoxy) is 1. The first kappa shape index (κ1) is 10.4. The van der Waals surface area contributed by atoms with E-state index < -0.39 is 0 Å². The van der Waals surface area contributed by atoms with E-state index in [1.54, 1.807) is 19.2 Å². The van der Waals surface area contributed by atoms with E-state index in [0.717, 1.165) is 11.4 Å². The van der Waals surface area contributed by atoms with Gasteiger partial charge < -0.3 is 10.1 Å². The van der Waals surface area contributed by atoms with Gasteiger partial charge in [-0.25, -0.2) is 4.98 Å². The summed E-state index contributed by atoms with van der Waals surface area (Å²) in [5, 5.41) is 9.63. The minimum atomic E-state index is 0.475. The van der Waals surface area contributed by atoms with Gasteiger partial charge in [0.15, 0.2) is 0 Å². The van der Waals surface area contributed by atoms with Crippen LogP contribution in [0.4, 0.5) is 5.95 Å². The quantitative estimate of drug-likeness (QED) is 0.820. The molecule has 2 aromatic heterocycles. The predicted octanol–water partition coefficient (Wildman–Crippen LogP) is 1.65. The Hall–Kier alpha value is -2.11. The lowest BCUT2D eigenvalue weighted by atomic mass is 10.4. The van der Waals surface area contributed by atoms with Crippen LogP contribution in [0.5, 0.6) is 11.8 Å². The second kappa shape index (κ2) is 4.18. The molecule has 0 radical (unpaired) electrons. The number of aromatic nitrogens is 4. The van der Waals surface area contributed by atoms with Crippen LogP contribution in [0.25, 0.3) is 0 Å². The maximum Gasteiger partial charge on any atom is 0.240 e. The molecular formula is C10H13N5O. The third-order valence-corrected chi connectivity index (χ3v) is 1.95. The Morgan fingerprint density at radius 2 is 2.00 bits per heavy atom. The Labute approximate surface area is 93.1 Å². The molecule has 6 nitrogen and oxygen atoms in total. The Morgan fingerprint density at radius 3 is 2.62 bits per heavy atom. The number of nitrogens with one attached hydrogen (secondary N) is 2. The monoisotopic (exact) mass is 219 g/mol. The summed E-state index contributed by atoms with van der Waals surface area (Å²) in [5.41, 5.74) is 1.77. The zero-order valence-electron chi connectivity index (χ0n) is 9.40. The van der Waals surface area contributed by atoms with E-state index in [-0.39, 0.29) is 0 Å². The highest BCUT2D eigenvalue weighted by atomic mass is 16.5. The predicted molar refractivity (Wildman–Crippen MR) is 59.7 cm³/mol. The fourth-order valence-electron chi connectivity index (χ4n) is 1.26. The minimum absolute atomic E-state index is 0.475. The van der Waals surface area contributed by atoms with E-state index in [1.165, 1.54) is 0 Å². The maximum absolute atomic E-state index is 5.49. The zero-order chi connectivity index (χ0) is 11.5. The lowest BCUT2D eigenvalue weighted by molar-refractivity contribution is 0.442. The minimum Gasteiger partial charge on any atom is -0.419 e. The number of nitrogens with zero attached hydrogens (tertiary/aromatic N) is 3. The van der Waals surface area contributed by atoms with Crippen LogP contribution in [0.15, 0.2) is 12.1 Å². The Morgan fingerprint density at radius 1 is 1.19 bits per heavy atom. The molecule has 84 valence electrons. The summed E-state index contributed by atoms with van der Waals surface area (Å²) in [7, 11) is 1.76. The van der Waals surface area contributed by atoms with E-state index in [4.69, 9.17) is 4.74 Å². The zero-order valence-corrected chi connectivity index (χ0v) is 9.40. The van der Waals surface area contributed by atoms with Crippen molar-refractivity contribution in [3.05, 3.63) is 23.5 Å². The van der Waals surface area contributed by atoms with Gasteiger partial charge >= 0.3 is 0 Å². The van der Waals surface area contributed by atoms with Crippen molar-refractivity contribution in [1.82, 2.24) is 20.2 Å². The average molecular weight is 219 g/mol. The largest absolute Gasteiger partial charge is 0.419 e. The molecule has 0 amide bonds. The van der Waals surface area contributed by atoms with Gasteiger partial charge in [0.2, 0.25) is 17.7 Å². The molecular weight excluding hydrogens is 206 g/mol. The van der Waals surface area contributed by atoms with Crippen LogP contribution in [-0.2, 0) is 0 Å². The lowest BCUT2D eigenvalue weighted by Crippen LogP contribution is -1.99. The molecule has 0 saturated heterocycles. The topological polar surface area (TPSA) is 75.7 Å². The first-order chi connectivity index (χ1) is 7.67. The van der Waals surface area contributed by atoms with Crippen molar-refractivity contribution in [2.24, 2.45) is 0 Å². The lowest BCUT2D eigenvalue weighted by Gasteiger charge is -2.04. The molecule has 2 N–H and O–H groups in total. The van der Waals surface area contributed by atoms with Crippen LogP contribution in [0.1, 0.15) is 11.4 Å². The van der Waals surface area contributed by atoms with Gasteiger partial charge in [0, 0.05) is 30.6 Å². The van der Waals surface area contributed by atoms with Crippen LogP contribution in [-0.4, -0.2) is 27.2 Å². The van der Waals surface area contributed by atoms with E-state index in [9.17, 15) is 0 Å². The standard InChI is InChI=1S/C10H13N5O/c1-6-4-8(13-10(11-3)12-6)16-9-5-7(2)14-15-9/h4-5H,1-3H3,(H,14,15)(H,11,12,13). The molecule has 0 aliphatic rings. The van der Waals surface area contributed by atoms with E-state index >= 15 is 0 Å². The Balaban J connectivity index is 2.24. The van der Waals surface area contributed by atoms with Crippen molar-refractivity contribution in [2.45, 2.75) is 13.8 Å². The fourth-order valence-corrected chi connectivity index (χ4v) is 1.26. The molecule has 6 heteroatoms. The number of aryl methyl sites for hydroxylation is 2. The number of rotatable bonds is 3. The second-order valence-electron chi connectivity index (χ2n) is 3.41. The summed E-state index contributed by atoms with van der Waals surface area (Å²) < 4.78 is 5.49. The van der Waals surface area contributed by atoms with E-state index in [0.29, 0.717) is 17.7 Å². The van der Waals surface area contributed by atoms with Crippen LogP contribution < -0.4 is 10.1 Å². The second-order valence-corrected chi connectivity index (χ2v) is 3.41. The summed E-state index contributed by atoms with van der Waals surface area (Å²) >= 11 is 0. The average Bonchev–Trinajstić information content (AvgIpc) is 2.63. The van der Waals surface area contributed by atoms with E-state index in [2.05, 4.69) is 25.5 Å². The van der Waals surface area contributed by atoms with Crippen molar-refractivity contribution in [1.29, 1.82) is 0 Å². The fraction of sp³-hybridized carbons (Fsp3) is 0.300. The summed E-state index contributed by atoms with van der Waals surface area (Å²) in [4.78, 5) is 8.33. The van der Waals surface area contributed by atoms with Crippen molar-refractivity contribution in [2.75, 3.05) is 12.4 Å². The van der Waals surface area contributed by atoms with Crippen LogP contribution in [0.3, 0.4) is 0 Å². The molecule has 16 heavy (non-hydrogen) atoms. The third kappa shape index (κ3) is 2.28. The molecule has 2 aromatic rings. The van der Waals surface area contributed by atoms with Gasteiger partial charge in [0.25, 0.3) is 0 Å². The van der Waals surface area contributed by atoms with Gasteiger partial charge in [-0.15, -0.1) is 5.10 Å². The van der Waals surface area contributed by atoms with Crippen LogP contribution in [0.2, 0.25) is 0 Å². The SMILES string of the molecule is CNc1nc(C)cc(Oc2cc(C)[nH]n2)n1. The number of aromatic amines is 1. The highest BCUT2D eigenvalue weighted by molar-refractivity contribution is 5.31. The van der Waals surface area contributed by atoms with Crippen molar-refractivity contribution >= 4 is 5.95 Å². The summed E-state index contributed by atoms with van der Waals surface area (Å²) in [6.45, 7) is 3.79. The van der Waals surface area contributed by atoms with Gasteiger partial charge in [0.05, 0.1) is 0 Å². The molecule has 2 heterocycles. The van der Waals surface area contributed by atoms with E-state index in [1.807, 2.05) is 13.8 Å². The molecule has 0 atom stereocenters. The Kier molecular flexibility index (Phi) is 2.72. The first-order valence-electron chi connectivity index (χ1n) is 4.90. The van der Waals surface area contributed by atoms with Crippen molar-refractivity contribution in [3.63, 3.8) is 0 Å². The van der Waals surface area contributed by atoms with Gasteiger partial charge in [-0.05, 0) is 13.8 Å². The molecule has 0 fully saturated rings. The van der Waals surface area contributed by atoms with Gasteiger partial charge in [0.1, 0.15) is 0 Å². The number of anilines is 1. The normalized spacial score (nSPS) is 10.2. The molecule has 0 bridgehead atoms. The molecule has 0 spiro atoms. The number of hydrogen-bond acceptors (Lipinski definition) is 5. The third-order valence-electron chi connectivity index (χ3n) is 1.95. The van der Waals surface area contributed by atoms with Gasteiger partial charge in [-0.2, -0.15) is 4.98 Å². The summed E-state index contributed by atoms with van der Waals surface area (Å²) in [5.74, 6) is 1.50. The summed E-state index contributed by atoms with van der Waals surface area (Å²) in [6.07, 6.45) is 0. The smallest absolute Gasteiger partial charge is 0.240 e. The molecule has 2 rings (SSSR count). The molecule has 0 aliphatic carbocycles. The first-order valence-corrected chi connectivity index (χ1v) is 4.90. The number of hydrogen-bond donors (Lipinski definition) is 2. The van der Waals surface area contributed by atoms with Crippen LogP contribution in [0, 0.1) is 13.8 Å². The Bertz CT molecular complexity index is 494. The number of H-pyrrole nitrogens is 1. The molecule has 0 unspecified atom stereocenters. The van der Waals surface area contributed by atoms with Crippen molar-refractivity contribution < 1.29 is 4.74 Å². The molecule has 0 aromatic carbocycles. The highest BCUT2D eigenvalue weighted by Gasteiger charge is 2.05. The van der Waals surface area contributed by atoms with Gasteiger partial charge in [-0.1, -0.05) is 0 Å². The maximum atomic E-state index is 5.49. The molecule has 0 aliphatic heterocycles. The summed E-state index contributed by atoms with van der Waals surface area (Å²) in [6, 6.07) is 3.56. The van der Waals surface area contributed by atoms with Gasteiger partial charge in [-0.3, -0.25) is 5.10 Å². The highest BCUT2D eigenvalue weighted by Crippen LogP contribution is 2.19. The molecule has 0 saturated carbocycles. The van der Waals surface area contributed by atoms with Crippen LogP contribution >= 0.6 is 0 Å². The van der Waals surface area contributed by atoms with Crippen molar-refractivity contribution in [3.8, 4) is 11.8 Å².